The smallest absolute Gasteiger partial charge is 0.273 e. The van der Waals surface area contributed by atoms with E-state index in [1.54, 1.807) is 0 Å². The summed E-state index contributed by atoms with van der Waals surface area (Å²) < 4.78 is 4.16. The highest BCUT2D eigenvalue weighted by atomic mass is 31.1. The minimum absolute atomic E-state index is 0.950. The molecule has 1 aromatic rings. The topological polar surface area (TPSA) is 26.1 Å². The summed E-state index contributed by atoms with van der Waals surface area (Å²) in [6, 6.07) is 8.02. The molecule has 1 aromatic carbocycles. The van der Waals surface area contributed by atoms with Crippen molar-refractivity contribution >= 4 is 19.9 Å². The number of rotatable bonds is 0. The molecule has 0 aliphatic carbocycles. The Morgan fingerprint density at radius 2 is 2.22 bits per heavy atom. The molecule has 1 heterocycles. The van der Waals surface area contributed by atoms with Crippen molar-refractivity contribution < 1.29 is 0 Å². The van der Waals surface area contributed by atoms with Crippen LogP contribution in [0.2, 0.25) is 0 Å². The van der Waals surface area contributed by atoms with Crippen LogP contribution in [0.5, 0.6) is 0 Å². The standard InChI is InChI=1S/C6H5N2P/c1-2-4-6-5(3-1)7-9-8-6/h1-4,7H/q+1. The van der Waals surface area contributed by atoms with Crippen LogP contribution in [0.15, 0.2) is 24.3 Å². The highest BCUT2D eigenvalue weighted by molar-refractivity contribution is 7.29. The van der Waals surface area contributed by atoms with Crippen LogP contribution in [-0.4, -0.2) is 0 Å². The van der Waals surface area contributed by atoms with Crippen LogP contribution < -0.4 is 9.83 Å². The second kappa shape index (κ2) is 1.82. The van der Waals surface area contributed by atoms with Crippen molar-refractivity contribution in [1.82, 2.24) is 4.74 Å². The molecule has 0 saturated carbocycles. The Kier molecular flexibility index (Phi) is 0.998. The number of para-hydroxylation sites is 1. The highest BCUT2D eigenvalue weighted by Crippen LogP contribution is 2.28. The van der Waals surface area contributed by atoms with Crippen molar-refractivity contribution in [3.63, 3.8) is 0 Å². The van der Waals surface area contributed by atoms with Crippen molar-refractivity contribution in [2.45, 2.75) is 0 Å². The fraction of sp³-hybridized carbons (Fsp3) is 0. The predicted octanol–water partition coefficient (Wildman–Crippen LogP) is 2.12. The zero-order valence-electron chi connectivity index (χ0n) is 4.70. The van der Waals surface area contributed by atoms with E-state index >= 15 is 0 Å². The average Bonchev–Trinajstić information content (AvgIpc) is 2.33. The molecule has 0 saturated heterocycles. The van der Waals surface area contributed by atoms with Gasteiger partial charge in [-0.15, -0.1) is 0 Å². The molecule has 43 valence electrons. The summed E-state index contributed by atoms with van der Waals surface area (Å²) >= 11 is 0. The molecule has 9 heavy (non-hydrogen) atoms. The third-order valence-electron chi connectivity index (χ3n) is 1.23. The van der Waals surface area contributed by atoms with Crippen LogP contribution in [0.3, 0.4) is 0 Å². The third kappa shape index (κ3) is 0.718. The summed E-state index contributed by atoms with van der Waals surface area (Å²) in [5.41, 5.74) is 2.21. The van der Waals surface area contributed by atoms with Gasteiger partial charge in [-0.2, -0.15) is 0 Å². The Hall–Kier alpha value is -0.880. The maximum atomic E-state index is 4.16. The highest BCUT2D eigenvalue weighted by Gasteiger charge is 2.16. The second-order valence-electron chi connectivity index (χ2n) is 1.83. The van der Waals surface area contributed by atoms with Crippen molar-refractivity contribution in [2.75, 3.05) is 5.09 Å². The summed E-state index contributed by atoms with van der Waals surface area (Å²) in [6.45, 7) is 0. The molecule has 1 N–H and O–H groups in total. The van der Waals surface area contributed by atoms with Crippen molar-refractivity contribution in [3.8, 4) is 0 Å². The van der Waals surface area contributed by atoms with Gasteiger partial charge in [0.25, 0.3) is 0 Å². The summed E-state index contributed by atoms with van der Waals surface area (Å²) in [7, 11) is 0.950. The number of fused-ring (bicyclic) bond motifs is 1. The maximum absolute atomic E-state index is 4.16. The van der Waals surface area contributed by atoms with Crippen LogP contribution in [0.1, 0.15) is 0 Å². The van der Waals surface area contributed by atoms with Gasteiger partial charge in [0, 0.05) is 6.07 Å². The predicted molar refractivity (Wildman–Crippen MR) is 38.8 cm³/mol. The third-order valence-corrected chi connectivity index (χ3v) is 1.89. The largest absolute Gasteiger partial charge is 0.424 e. The summed E-state index contributed by atoms with van der Waals surface area (Å²) in [5, 5.41) is 3.11. The van der Waals surface area contributed by atoms with Gasteiger partial charge >= 0.3 is 14.2 Å². The maximum Gasteiger partial charge on any atom is 0.424 e. The molecule has 1 aliphatic heterocycles. The fourth-order valence-corrected chi connectivity index (χ4v) is 1.42. The SMILES string of the molecule is c1ccc2c(c1)[N+]=PN2. The molecule has 0 unspecified atom stereocenters. The number of nitrogens with zero attached hydrogens (tertiary/aromatic N) is 1. The Morgan fingerprint density at radius 3 is 3.11 bits per heavy atom. The first-order valence-corrected chi connectivity index (χ1v) is 3.57. The first-order valence-electron chi connectivity index (χ1n) is 2.72. The molecule has 3 heteroatoms. The number of nitrogens with one attached hydrogen (secondary N) is 1. The van der Waals surface area contributed by atoms with Gasteiger partial charge in [-0.25, -0.2) is 0 Å². The van der Waals surface area contributed by atoms with Crippen LogP contribution in [0.25, 0.3) is 0 Å². The average molecular weight is 136 g/mol. The molecule has 0 spiro atoms. The summed E-state index contributed by atoms with van der Waals surface area (Å²) in [4.78, 5) is 0. The van der Waals surface area contributed by atoms with E-state index < -0.39 is 0 Å². The lowest BCUT2D eigenvalue weighted by Gasteiger charge is -1.84. The molecule has 1 aliphatic rings. The van der Waals surface area contributed by atoms with Gasteiger partial charge in [0.05, 0.1) is 0 Å². The second-order valence-corrected chi connectivity index (χ2v) is 2.45. The van der Waals surface area contributed by atoms with Crippen LogP contribution in [0.4, 0.5) is 11.4 Å². The number of anilines is 1. The van der Waals surface area contributed by atoms with Crippen LogP contribution in [-0.2, 0) is 0 Å². The van der Waals surface area contributed by atoms with E-state index in [2.05, 4.69) is 9.83 Å². The molecular weight excluding hydrogens is 131 g/mol. The van der Waals surface area contributed by atoms with E-state index in [0.29, 0.717) is 0 Å². The van der Waals surface area contributed by atoms with E-state index in [9.17, 15) is 0 Å². The molecular formula is C6H5N2P+. The van der Waals surface area contributed by atoms with Gasteiger partial charge in [0.15, 0.2) is 0 Å². The zero-order valence-corrected chi connectivity index (χ0v) is 5.60. The lowest BCUT2D eigenvalue weighted by atomic mass is 10.3. The minimum Gasteiger partial charge on any atom is -0.273 e. The summed E-state index contributed by atoms with van der Waals surface area (Å²) in [6.07, 6.45) is 0. The Bertz CT molecular complexity index is 257. The first-order chi connectivity index (χ1) is 4.47. The monoisotopic (exact) mass is 136 g/mol. The zero-order chi connectivity index (χ0) is 6.10. The molecule has 0 bridgehead atoms. The summed E-state index contributed by atoms with van der Waals surface area (Å²) in [5.74, 6) is 0. The van der Waals surface area contributed by atoms with E-state index in [4.69, 9.17) is 0 Å². The Balaban J connectivity index is 2.63. The van der Waals surface area contributed by atoms with Crippen molar-refractivity contribution in [1.29, 1.82) is 0 Å². The quantitative estimate of drug-likeness (QED) is 0.543. The number of hydrogen-bond donors (Lipinski definition) is 1. The van der Waals surface area contributed by atoms with Gasteiger partial charge in [-0.05, 0) is 6.07 Å². The molecule has 2 nitrogen and oxygen atoms in total. The van der Waals surface area contributed by atoms with Crippen LogP contribution in [0, 0.1) is 0 Å². The number of benzene rings is 1. The van der Waals surface area contributed by atoms with E-state index in [1.165, 1.54) is 0 Å². The van der Waals surface area contributed by atoms with Crippen LogP contribution >= 0.6 is 8.52 Å². The van der Waals surface area contributed by atoms with Gasteiger partial charge < -0.3 is 0 Å². The van der Waals surface area contributed by atoms with E-state index in [-0.39, 0.29) is 0 Å². The van der Waals surface area contributed by atoms with Gasteiger partial charge in [0.1, 0.15) is 10.4 Å². The first kappa shape index (κ1) is 4.95. The van der Waals surface area contributed by atoms with Crippen molar-refractivity contribution in [3.05, 3.63) is 24.3 Å². The lowest BCUT2D eigenvalue weighted by molar-refractivity contribution is 1.47. The van der Waals surface area contributed by atoms with Crippen molar-refractivity contribution in [2.24, 2.45) is 0 Å². The molecule has 0 atom stereocenters. The molecule has 0 aromatic heterocycles. The fourth-order valence-electron chi connectivity index (χ4n) is 0.788. The molecule has 2 rings (SSSR count). The normalized spacial score (nSPS) is 14.7. The Labute approximate surface area is 54.9 Å². The van der Waals surface area contributed by atoms with Gasteiger partial charge in [0.2, 0.25) is 0 Å². The molecule has 0 fully saturated rings. The number of hydrogen-bond acceptors (Lipinski definition) is 2. The van der Waals surface area contributed by atoms with Gasteiger partial charge in [-0.3, -0.25) is 5.09 Å². The van der Waals surface area contributed by atoms with Gasteiger partial charge in [-0.1, -0.05) is 12.1 Å². The van der Waals surface area contributed by atoms with E-state index in [1.807, 2.05) is 24.3 Å². The molecule has 1 radical (unpaired) electrons. The Morgan fingerprint density at radius 1 is 1.33 bits per heavy atom. The van der Waals surface area contributed by atoms with E-state index in [0.717, 1.165) is 19.9 Å². The minimum atomic E-state index is 0.950. The lowest BCUT2D eigenvalue weighted by Crippen LogP contribution is -1.73. The molecule has 0 amide bonds.